The topological polar surface area (TPSA) is 66.0 Å². The van der Waals surface area contributed by atoms with Crippen LogP contribution in [0.25, 0.3) is 0 Å². The van der Waals surface area contributed by atoms with E-state index >= 15 is 0 Å². The third-order valence-electron chi connectivity index (χ3n) is 2.34. The minimum absolute atomic E-state index is 0.328. The Morgan fingerprint density at radius 1 is 1.53 bits per heavy atom. The van der Waals surface area contributed by atoms with Crippen LogP contribution < -0.4 is 10.5 Å². The van der Waals surface area contributed by atoms with Gasteiger partial charge in [-0.3, -0.25) is 0 Å². The highest BCUT2D eigenvalue weighted by molar-refractivity contribution is 7.80. The molecule has 0 aliphatic rings. The van der Waals surface area contributed by atoms with E-state index in [2.05, 4.69) is 10.1 Å². The summed E-state index contributed by atoms with van der Waals surface area (Å²) >= 11 is 4.95. The second-order valence-electron chi connectivity index (χ2n) is 3.49. The number of rotatable bonds is 4. The Morgan fingerprint density at radius 2 is 2.35 bits per heavy atom. The van der Waals surface area contributed by atoms with Crippen LogP contribution in [0, 0.1) is 0 Å². The Kier molecular flexibility index (Phi) is 3.34. The average molecular weight is 248 g/mol. The van der Waals surface area contributed by atoms with Crippen molar-refractivity contribution in [1.82, 2.24) is 14.8 Å². The fourth-order valence-corrected chi connectivity index (χ4v) is 1.71. The molecule has 1 aromatic heterocycles. The largest absolute Gasteiger partial charge is 0.496 e. The van der Waals surface area contributed by atoms with E-state index in [1.807, 2.05) is 18.2 Å². The van der Waals surface area contributed by atoms with Crippen molar-refractivity contribution >= 4 is 17.2 Å². The number of aromatic nitrogens is 3. The SMILES string of the molecule is COc1cc(Cn2cncn2)ccc1C(N)=S. The first kappa shape index (κ1) is 11.5. The van der Waals surface area contributed by atoms with Gasteiger partial charge >= 0.3 is 0 Å². The summed E-state index contributed by atoms with van der Waals surface area (Å²) in [6, 6.07) is 5.70. The monoisotopic (exact) mass is 248 g/mol. The van der Waals surface area contributed by atoms with Crippen molar-refractivity contribution in [2.24, 2.45) is 5.73 Å². The maximum atomic E-state index is 5.60. The van der Waals surface area contributed by atoms with Gasteiger partial charge in [0.2, 0.25) is 0 Å². The van der Waals surface area contributed by atoms with Gasteiger partial charge < -0.3 is 10.5 Å². The Balaban J connectivity index is 2.28. The van der Waals surface area contributed by atoms with Gasteiger partial charge in [-0.15, -0.1) is 0 Å². The van der Waals surface area contributed by atoms with E-state index in [1.54, 1.807) is 18.1 Å². The van der Waals surface area contributed by atoms with E-state index in [-0.39, 0.29) is 0 Å². The normalized spacial score (nSPS) is 10.2. The van der Waals surface area contributed by atoms with Crippen molar-refractivity contribution in [2.75, 3.05) is 7.11 Å². The zero-order chi connectivity index (χ0) is 12.3. The molecule has 0 saturated heterocycles. The molecule has 0 atom stereocenters. The van der Waals surface area contributed by atoms with Gasteiger partial charge in [-0.25, -0.2) is 9.67 Å². The van der Waals surface area contributed by atoms with Crippen LogP contribution in [0.1, 0.15) is 11.1 Å². The molecule has 0 radical (unpaired) electrons. The van der Waals surface area contributed by atoms with Crippen LogP contribution in [0.4, 0.5) is 0 Å². The number of nitrogens with zero attached hydrogens (tertiary/aromatic N) is 3. The first-order valence-electron chi connectivity index (χ1n) is 5.00. The van der Waals surface area contributed by atoms with Crippen LogP contribution in [-0.4, -0.2) is 26.9 Å². The molecule has 6 heteroatoms. The Morgan fingerprint density at radius 3 is 2.94 bits per heavy atom. The van der Waals surface area contributed by atoms with E-state index in [9.17, 15) is 0 Å². The van der Waals surface area contributed by atoms with Crippen molar-refractivity contribution in [1.29, 1.82) is 0 Å². The lowest BCUT2D eigenvalue weighted by atomic mass is 10.1. The molecule has 0 spiro atoms. The number of benzene rings is 1. The lowest BCUT2D eigenvalue weighted by molar-refractivity contribution is 0.413. The van der Waals surface area contributed by atoms with E-state index in [0.29, 0.717) is 17.3 Å². The van der Waals surface area contributed by atoms with Crippen LogP contribution in [0.2, 0.25) is 0 Å². The Hall–Kier alpha value is -1.95. The first-order valence-corrected chi connectivity index (χ1v) is 5.40. The first-order chi connectivity index (χ1) is 8.20. The van der Waals surface area contributed by atoms with Gasteiger partial charge in [0.25, 0.3) is 0 Å². The molecule has 1 aromatic carbocycles. The molecular formula is C11H12N4OS. The fraction of sp³-hybridized carbons (Fsp3) is 0.182. The number of ether oxygens (including phenoxy) is 1. The molecule has 0 saturated carbocycles. The van der Waals surface area contributed by atoms with Gasteiger partial charge in [-0.2, -0.15) is 5.10 Å². The summed E-state index contributed by atoms with van der Waals surface area (Å²) in [5, 5.41) is 4.04. The summed E-state index contributed by atoms with van der Waals surface area (Å²) in [4.78, 5) is 4.21. The zero-order valence-electron chi connectivity index (χ0n) is 9.33. The number of nitrogens with two attached hydrogens (primary N) is 1. The van der Waals surface area contributed by atoms with Crippen LogP contribution in [0.3, 0.4) is 0 Å². The Bertz CT molecular complexity index is 524. The number of thiocarbonyl (C=S) groups is 1. The molecule has 2 rings (SSSR count). The number of hydrogen-bond donors (Lipinski definition) is 1. The summed E-state index contributed by atoms with van der Waals surface area (Å²) in [7, 11) is 1.59. The van der Waals surface area contributed by atoms with E-state index in [1.165, 1.54) is 6.33 Å². The number of hydrogen-bond acceptors (Lipinski definition) is 4. The molecule has 0 amide bonds. The van der Waals surface area contributed by atoms with Crippen molar-refractivity contribution in [3.8, 4) is 5.75 Å². The highest BCUT2D eigenvalue weighted by Gasteiger charge is 2.07. The highest BCUT2D eigenvalue weighted by atomic mass is 32.1. The van der Waals surface area contributed by atoms with E-state index in [0.717, 1.165) is 11.1 Å². The van der Waals surface area contributed by atoms with Gasteiger partial charge in [0, 0.05) is 0 Å². The maximum Gasteiger partial charge on any atom is 0.137 e. The number of methoxy groups -OCH3 is 1. The second kappa shape index (κ2) is 4.92. The van der Waals surface area contributed by atoms with Crippen molar-refractivity contribution in [3.63, 3.8) is 0 Å². The lowest BCUT2D eigenvalue weighted by Crippen LogP contribution is -2.11. The molecule has 0 aliphatic carbocycles. The predicted molar refractivity (Wildman–Crippen MR) is 68.0 cm³/mol. The standard InChI is InChI=1S/C11H12N4OS/c1-16-10-4-8(2-3-9(10)11(12)17)5-15-7-13-6-14-15/h2-4,6-7H,5H2,1H3,(H2,12,17). The van der Waals surface area contributed by atoms with Crippen molar-refractivity contribution < 1.29 is 4.74 Å². The maximum absolute atomic E-state index is 5.60. The third-order valence-corrected chi connectivity index (χ3v) is 2.56. The van der Waals surface area contributed by atoms with Crippen LogP contribution in [-0.2, 0) is 6.54 Å². The lowest BCUT2D eigenvalue weighted by Gasteiger charge is -2.09. The molecule has 88 valence electrons. The smallest absolute Gasteiger partial charge is 0.137 e. The van der Waals surface area contributed by atoms with Crippen molar-refractivity contribution in [2.45, 2.75) is 6.54 Å². The third kappa shape index (κ3) is 2.59. The molecule has 5 nitrogen and oxygen atoms in total. The molecule has 0 aliphatic heterocycles. The summed E-state index contributed by atoms with van der Waals surface area (Å²) < 4.78 is 6.99. The summed E-state index contributed by atoms with van der Waals surface area (Å²) in [5.74, 6) is 0.676. The second-order valence-corrected chi connectivity index (χ2v) is 3.93. The quantitative estimate of drug-likeness (QED) is 0.817. The minimum Gasteiger partial charge on any atom is -0.496 e. The molecule has 0 unspecified atom stereocenters. The van der Waals surface area contributed by atoms with Gasteiger partial charge in [0.1, 0.15) is 23.4 Å². The summed E-state index contributed by atoms with van der Waals surface area (Å²) in [6.45, 7) is 0.633. The molecular weight excluding hydrogens is 236 g/mol. The highest BCUT2D eigenvalue weighted by Crippen LogP contribution is 2.20. The molecule has 0 fully saturated rings. The molecule has 1 heterocycles. The van der Waals surface area contributed by atoms with Gasteiger partial charge in [-0.1, -0.05) is 18.3 Å². The van der Waals surface area contributed by atoms with Gasteiger partial charge in [-0.05, 0) is 17.7 Å². The van der Waals surface area contributed by atoms with Crippen LogP contribution >= 0.6 is 12.2 Å². The molecule has 2 N–H and O–H groups in total. The summed E-state index contributed by atoms with van der Waals surface area (Å²) in [5.41, 5.74) is 7.39. The molecule has 17 heavy (non-hydrogen) atoms. The Labute approximate surface area is 104 Å². The fourth-order valence-electron chi connectivity index (χ4n) is 1.54. The van der Waals surface area contributed by atoms with Gasteiger partial charge in [0.15, 0.2) is 0 Å². The molecule has 0 bridgehead atoms. The van der Waals surface area contributed by atoms with E-state index < -0.39 is 0 Å². The predicted octanol–water partition coefficient (Wildman–Crippen LogP) is 0.969. The van der Waals surface area contributed by atoms with Crippen LogP contribution in [0.5, 0.6) is 5.75 Å². The van der Waals surface area contributed by atoms with Crippen molar-refractivity contribution in [3.05, 3.63) is 42.0 Å². The average Bonchev–Trinajstić information content (AvgIpc) is 2.81. The molecule has 2 aromatic rings. The summed E-state index contributed by atoms with van der Waals surface area (Å²) in [6.07, 6.45) is 3.16. The minimum atomic E-state index is 0.328. The van der Waals surface area contributed by atoms with Crippen LogP contribution in [0.15, 0.2) is 30.9 Å². The van der Waals surface area contributed by atoms with Gasteiger partial charge in [0.05, 0.1) is 19.2 Å². The van der Waals surface area contributed by atoms with E-state index in [4.69, 9.17) is 22.7 Å². The zero-order valence-corrected chi connectivity index (χ0v) is 10.1.